The zero-order valence-electron chi connectivity index (χ0n) is 30.8. The minimum Gasteiger partial charge on any atom is -0.372 e. The fourth-order valence-electron chi connectivity index (χ4n) is 6.58. The lowest BCUT2D eigenvalue weighted by Crippen LogP contribution is -2.00. The van der Waals surface area contributed by atoms with Gasteiger partial charge in [0.15, 0.2) is 0 Å². The molecule has 1 heterocycles. The van der Waals surface area contributed by atoms with E-state index in [0.29, 0.717) is 79.3 Å². The molecule has 0 saturated carbocycles. The average molecular weight is 721 g/mol. The molecule has 0 amide bonds. The van der Waals surface area contributed by atoms with Crippen LogP contribution in [-0.4, -0.2) is 0 Å². The molecule has 6 heteroatoms. The Balaban J connectivity index is 0.992. The lowest BCUT2D eigenvalue weighted by molar-refractivity contribution is 0.0994. The monoisotopic (exact) mass is 720 g/mol. The molecule has 276 valence electrons. The van der Waals surface area contributed by atoms with Gasteiger partial charge in [-0.2, -0.15) is 0 Å². The maximum Gasteiger partial charge on any atom is 0.0721 e. The molecule has 0 atom stereocenters. The highest BCUT2D eigenvalue weighted by Gasteiger charge is 2.06. The van der Waals surface area contributed by atoms with Gasteiger partial charge in [0.2, 0.25) is 0 Å². The summed E-state index contributed by atoms with van der Waals surface area (Å²) in [5.74, 6) is 0. The SMILES string of the molecule is c1cc2cc(c1)COCc1cccc(c1)COCc1cccc(c1)COCc1cccc(c1)COCc1cccc(c1)COCc1cccc(c1)COC2. The molecule has 54 heavy (non-hydrogen) atoms. The van der Waals surface area contributed by atoms with E-state index < -0.39 is 0 Å². The summed E-state index contributed by atoms with van der Waals surface area (Å²) >= 11 is 0. The molecule has 6 aromatic carbocycles. The molecule has 7 rings (SSSR count). The van der Waals surface area contributed by atoms with Crippen molar-refractivity contribution in [1.82, 2.24) is 0 Å². The second-order valence-electron chi connectivity index (χ2n) is 13.9. The van der Waals surface area contributed by atoms with Crippen LogP contribution in [0.4, 0.5) is 0 Å². The van der Waals surface area contributed by atoms with Crippen LogP contribution in [0.25, 0.3) is 0 Å². The highest BCUT2D eigenvalue weighted by atomic mass is 16.5. The van der Waals surface area contributed by atoms with E-state index in [4.69, 9.17) is 28.4 Å². The zero-order valence-corrected chi connectivity index (χ0v) is 30.8. The highest BCUT2D eigenvalue weighted by Crippen LogP contribution is 2.17. The smallest absolute Gasteiger partial charge is 0.0721 e. The van der Waals surface area contributed by atoms with Crippen LogP contribution in [0, 0.1) is 0 Å². The van der Waals surface area contributed by atoms with Crippen LogP contribution in [0.2, 0.25) is 0 Å². The standard InChI is InChI=1S/C48H48O6/c1-7-37-19-38(8-1)26-50-28-40-10-3-12-42(21-40)30-52-32-44-14-5-16-46(23-44)34-54-36-48-18-6-17-47(24-48)35-53-33-45-15-4-13-43(22-45)31-51-29-41-11-2-9-39(20-41)27-49-25-37/h1-24H,25-36H2. The van der Waals surface area contributed by atoms with Crippen LogP contribution in [0.1, 0.15) is 66.8 Å². The molecule has 0 radical (unpaired) electrons. The second kappa shape index (κ2) is 20.0. The maximum atomic E-state index is 6.12. The molecule has 6 aromatic rings. The number of hydrogen-bond donors (Lipinski definition) is 0. The van der Waals surface area contributed by atoms with Crippen molar-refractivity contribution in [2.24, 2.45) is 0 Å². The van der Waals surface area contributed by atoms with E-state index in [9.17, 15) is 0 Å². The van der Waals surface area contributed by atoms with Gasteiger partial charge in [0, 0.05) is 0 Å². The summed E-state index contributed by atoms with van der Waals surface area (Å²) in [7, 11) is 0. The van der Waals surface area contributed by atoms with Gasteiger partial charge in [-0.25, -0.2) is 0 Å². The maximum absolute atomic E-state index is 6.12. The first-order chi connectivity index (χ1) is 26.7. The van der Waals surface area contributed by atoms with Gasteiger partial charge < -0.3 is 28.4 Å². The number of hydrogen-bond acceptors (Lipinski definition) is 6. The Bertz CT molecular complexity index is 1570. The molecule has 6 nitrogen and oxygen atoms in total. The lowest BCUT2D eigenvalue weighted by atomic mass is 10.1. The van der Waals surface area contributed by atoms with Crippen LogP contribution in [-0.2, 0) is 108 Å². The van der Waals surface area contributed by atoms with E-state index in [-0.39, 0.29) is 0 Å². The van der Waals surface area contributed by atoms with E-state index in [0.717, 1.165) is 66.8 Å². The van der Waals surface area contributed by atoms with E-state index in [1.165, 1.54) is 0 Å². The van der Waals surface area contributed by atoms with Crippen LogP contribution < -0.4 is 0 Å². The van der Waals surface area contributed by atoms with Crippen molar-refractivity contribution in [3.05, 3.63) is 212 Å². The van der Waals surface area contributed by atoms with E-state index >= 15 is 0 Å². The van der Waals surface area contributed by atoms with E-state index in [2.05, 4.69) is 146 Å². The average Bonchev–Trinajstić information content (AvgIpc) is 3.19. The largest absolute Gasteiger partial charge is 0.372 e. The Morgan fingerprint density at radius 1 is 0.185 bits per heavy atom. The summed E-state index contributed by atoms with van der Waals surface area (Å²) in [6, 6.07) is 50.5. The first kappa shape index (κ1) is 37.4. The first-order valence-corrected chi connectivity index (χ1v) is 18.6. The van der Waals surface area contributed by atoms with Crippen LogP contribution in [0.15, 0.2) is 146 Å². The molecule has 1 aliphatic heterocycles. The third-order valence-electron chi connectivity index (χ3n) is 9.17. The van der Waals surface area contributed by atoms with E-state index in [1.807, 2.05) is 0 Å². The van der Waals surface area contributed by atoms with Gasteiger partial charge in [0.1, 0.15) is 0 Å². The van der Waals surface area contributed by atoms with Crippen molar-refractivity contribution in [2.45, 2.75) is 79.3 Å². The molecule has 0 saturated heterocycles. The molecule has 0 fully saturated rings. The normalized spacial score (nSPS) is 15.6. The summed E-state index contributed by atoms with van der Waals surface area (Å²) in [6.07, 6.45) is 0. The molecule has 0 aliphatic carbocycles. The predicted octanol–water partition coefficient (Wildman–Crippen LogP) is 10.3. The molecule has 0 spiro atoms. The van der Waals surface area contributed by atoms with Crippen molar-refractivity contribution in [1.29, 1.82) is 0 Å². The van der Waals surface area contributed by atoms with E-state index in [1.54, 1.807) is 0 Å². The van der Waals surface area contributed by atoms with Crippen molar-refractivity contribution in [3.8, 4) is 0 Å². The van der Waals surface area contributed by atoms with Gasteiger partial charge in [0.05, 0.1) is 79.3 Å². The molecule has 0 unspecified atom stereocenters. The summed E-state index contributed by atoms with van der Waals surface area (Å²) in [6.45, 7) is 6.35. The van der Waals surface area contributed by atoms with Crippen molar-refractivity contribution in [2.75, 3.05) is 0 Å². The fraction of sp³-hybridized carbons (Fsp3) is 0.250. The van der Waals surface area contributed by atoms with Gasteiger partial charge in [-0.05, 0) is 66.8 Å². The summed E-state index contributed by atoms with van der Waals surface area (Å²) in [4.78, 5) is 0. The first-order valence-electron chi connectivity index (χ1n) is 18.6. The molecular formula is C48H48O6. The highest BCUT2D eigenvalue weighted by molar-refractivity contribution is 5.27. The minimum atomic E-state index is 0.529. The third kappa shape index (κ3) is 12.1. The van der Waals surface area contributed by atoms with Crippen molar-refractivity contribution >= 4 is 0 Å². The Morgan fingerprint density at radius 2 is 0.296 bits per heavy atom. The fourth-order valence-corrected chi connectivity index (χ4v) is 6.58. The van der Waals surface area contributed by atoms with Gasteiger partial charge in [-0.1, -0.05) is 146 Å². The molecule has 0 N–H and O–H groups in total. The van der Waals surface area contributed by atoms with Gasteiger partial charge >= 0.3 is 0 Å². The number of fused-ring (bicyclic) bond motifs is 12. The number of rotatable bonds is 0. The number of ether oxygens (including phenoxy) is 6. The zero-order chi connectivity index (χ0) is 36.6. The van der Waals surface area contributed by atoms with Crippen LogP contribution >= 0.6 is 0 Å². The van der Waals surface area contributed by atoms with Gasteiger partial charge in [-0.3, -0.25) is 0 Å². The molecule has 12 bridgehead atoms. The lowest BCUT2D eigenvalue weighted by Gasteiger charge is -2.11. The Hall–Kier alpha value is -4.92. The second-order valence-corrected chi connectivity index (χ2v) is 13.9. The van der Waals surface area contributed by atoms with Crippen LogP contribution in [0.5, 0.6) is 0 Å². The quantitative estimate of drug-likeness (QED) is 0.156. The molecule has 1 aliphatic rings. The Labute approximate surface area is 319 Å². The summed E-state index contributed by atoms with van der Waals surface area (Å²) in [5.41, 5.74) is 13.5. The predicted molar refractivity (Wildman–Crippen MR) is 210 cm³/mol. The summed E-state index contributed by atoms with van der Waals surface area (Å²) < 4.78 is 36.7. The van der Waals surface area contributed by atoms with Crippen molar-refractivity contribution < 1.29 is 28.4 Å². The topological polar surface area (TPSA) is 55.4 Å². The summed E-state index contributed by atoms with van der Waals surface area (Å²) in [5, 5.41) is 0. The van der Waals surface area contributed by atoms with Gasteiger partial charge in [0.25, 0.3) is 0 Å². The van der Waals surface area contributed by atoms with Crippen molar-refractivity contribution in [3.63, 3.8) is 0 Å². The van der Waals surface area contributed by atoms with Crippen LogP contribution in [0.3, 0.4) is 0 Å². The molecule has 0 aromatic heterocycles. The third-order valence-corrected chi connectivity index (χ3v) is 9.17. The van der Waals surface area contributed by atoms with Gasteiger partial charge in [-0.15, -0.1) is 0 Å². The minimum absolute atomic E-state index is 0.529. The Morgan fingerprint density at radius 3 is 0.407 bits per heavy atom. The Kier molecular flexibility index (Phi) is 13.8. The molecular weight excluding hydrogens is 673 g/mol. The number of benzene rings is 6.